The van der Waals surface area contributed by atoms with Crippen molar-refractivity contribution in [1.29, 1.82) is 0 Å². The van der Waals surface area contributed by atoms with Crippen molar-refractivity contribution >= 4 is 38.0 Å². The van der Waals surface area contributed by atoms with Crippen molar-refractivity contribution in [2.45, 2.75) is 6.17 Å². The summed E-state index contributed by atoms with van der Waals surface area (Å²) in [5.74, 6) is 0. The largest absolute Gasteiger partial charge is 0.360 e. The van der Waals surface area contributed by atoms with Crippen molar-refractivity contribution in [2.75, 3.05) is 0 Å². The second-order valence-corrected chi connectivity index (χ2v) is 11.8. The van der Waals surface area contributed by atoms with E-state index in [9.17, 15) is 0 Å². The van der Waals surface area contributed by atoms with Gasteiger partial charge in [0, 0.05) is 18.0 Å². The molecule has 9 rings (SSSR count). The fourth-order valence-corrected chi connectivity index (χ4v) is 7.19. The molecule has 212 valence electrons. The van der Waals surface area contributed by atoms with Gasteiger partial charge in [-0.1, -0.05) is 146 Å². The highest BCUT2D eigenvalue weighted by Gasteiger charge is 2.24. The highest BCUT2D eigenvalue weighted by Crippen LogP contribution is 2.46. The van der Waals surface area contributed by atoms with E-state index in [0.717, 1.165) is 5.70 Å². The Morgan fingerprint density at radius 2 is 0.933 bits per heavy atom. The number of fused-ring (bicyclic) bond motifs is 4. The van der Waals surface area contributed by atoms with Gasteiger partial charge in [0.25, 0.3) is 0 Å². The molecule has 7 aromatic rings. The van der Waals surface area contributed by atoms with Crippen molar-refractivity contribution in [3.05, 3.63) is 176 Å². The highest BCUT2D eigenvalue weighted by molar-refractivity contribution is 6.23. The summed E-state index contributed by atoms with van der Waals surface area (Å²) in [4.78, 5) is 2.23. The number of hydrogen-bond donors (Lipinski definition) is 1. The summed E-state index contributed by atoms with van der Waals surface area (Å²) < 4.78 is 0. The van der Waals surface area contributed by atoms with Crippen molar-refractivity contribution in [3.63, 3.8) is 0 Å². The maximum Gasteiger partial charge on any atom is 0.122 e. The van der Waals surface area contributed by atoms with Gasteiger partial charge >= 0.3 is 0 Å². The summed E-state index contributed by atoms with van der Waals surface area (Å²) in [6.45, 7) is 0. The maximum atomic E-state index is 3.71. The van der Waals surface area contributed by atoms with E-state index in [-0.39, 0.29) is 6.17 Å². The predicted octanol–water partition coefficient (Wildman–Crippen LogP) is 10.8. The molecule has 1 atom stereocenters. The maximum absolute atomic E-state index is 3.71. The molecule has 2 nitrogen and oxygen atoms in total. The average Bonchev–Trinajstić information content (AvgIpc) is 3.55. The molecule has 0 bridgehead atoms. The van der Waals surface area contributed by atoms with Crippen LogP contribution in [0.1, 0.15) is 5.56 Å². The average molecular weight is 575 g/mol. The lowest BCUT2D eigenvalue weighted by Crippen LogP contribution is -2.31. The van der Waals surface area contributed by atoms with Gasteiger partial charge in [-0.25, -0.2) is 0 Å². The van der Waals surface area contributed by atoms with Crippen LogP contribution in [0.15, 0.2) is 170 Å². The van der Waals surface area contributed by atoms with Gasteiger partial charge in [-0.3, -0.25) is 0 Å². The van der Waals surface area contributed by atoms with Gasteiger partial charge in [0.2, 0.25) is 0 Å². The van der Waals surface area contributed by atoms with Crippen molar-refractivity contribution < 1.29 is 0 Å². The molecule has 0 saturated heterocycles. The van der Waals surface area contributed by atoms with Crippen LogP contribution >= 0.6 is 0 Å². The van der Waals surface area contributed by atoms with Crippen molar-refractivity contribution in [1.82, 2.24) is 10.2 Å². The van der Waals surface area contributed by atoms with Crippen LogP contribution in [0, 0.1) is 0 Å². The first-order chi connectivity index (χ1) is 22.3. The van der Waals surface area contributed by atoms with Gasteiger partial charge in [0.05, 0.1) is 5.70 Å². The molecule has 0 amide bonds. The molecule has 45 heavy (non-hydrogen) atoms. The topological polar surface area (TPSA) is 15.3 Å². The molecular formula is C43H30N2. The van der Waals surface area contributed by atoms with E-state index < -0.39 is 0 Å². The lowest BCUT2D eigenvalue weighted by atomic mass is 9.84. The number of benzene rings is 7. The fourth-order valence-electron chi connectivity index (χ4n) is 7.19. The second kappa shape index (κ2) is 10.4. The van der Waals surface area contributed by atoms with Crippen molar-refractivity contribution in [2.24, 2.45) is 0 Å². The highest BCUT2D eigenvalue weighted by atomic mass is 15.3. The minimum Gasteiger partial charge on any atom is -0.360 e. The van der Waals surface area contributed by atoms with Gasteiger partial charge in [-0.05, 0) is 77.9 Å². The van der Waals surface area contributed by atoms with Crippen LogP contribution in [-0.4, -0.2) is 11.1 Å². The van der Waals surface area contributed by atoms with Gasteiger partial charge in [-0.2, -0.15) is 0 Å². The normalized spacial score (nSPS) is 15.4. The molecular weight excluding hydrogens is 544 g/mol. The van der Waals surface area contributed by atoms with Crippen LogP contribution in [0.2, 0.25) is 0 Å². The number of hydrogen-bond acceptors (Lipinski definition) is 2. The van der Waals surface area contributed by atoms with E-state index in [0.29, 0.717) is 0 Å². The van der Waals surface area contributed by atoms with E-state index in [4.69, 9.17) is 0 Å². The second-order valence-electron chi connectivity index (χ2n) is 11.8. The van der Waals surface area contributed by atoms with Crippen LogP contribution < -0.4 is 5.32 Å². The smallest absolute Gasteiger partial charge is 0.122 e. The zero-order valence-electron chi connectivity index (χ0n) is 24.7. The third-order valence-corrected chi connectivity index (χ3v) is 9.26. The molecule has 0 saturated carbocycles. The Kier molecular flexibility index (Phi) is 5.92. The van der Waals surface area contributed by atoms with E-state index in [1.807, 2.05) is 0 Å². The minimum atomic E-state index is 0.158. The molecule has 2 aliphatic heterocycles. The van der Waals surface area contributed by atoms with E-state index in [1.165, 1.54) is 71.3 Å². The third kappa shape index (κ3) is 4.18. The molecule has 2 heterocycles. The van der Waals surface area contributed by atoms with E-state index in [2.05, 4.69) is 180 Å². The zero-order valence-corrected chi connectivity index (χ0v) is 24.7. The molecule has 2 aliphatic rings. The van der Waals surface area contributed by atoms with Gasteiger partial charge < -0.3 is 10.2 Å². The predicted molar refractivity (Wildman–Crippen MR) is 190 cm³/mol. The van der Waals surface area contributed by atoms with Gasteiger partial charge in [0.15, 0.2) is 0 Å². The summed E-state index contributed by atoms with van der Waals surface area (Å²) in [7, 11) is 0. The Morgan fingerprint density at radius 1 is 0.422 bits per heavy atom. The van der Waals surface area contributed by atoms with Crippen LogP contribution in [0.5, 0.6) is 0 Å². The molecule has 1 N–H and O–H groups in total. The summed E-state index contributed by atoms with van der Waals surface area (Å²) in [6.07, 6.45) is 10.9. The molecule has 0 aliphatic carbocycles. The molecule has 0 fully saturated rings. The Morgan fingerprint density at radius 3 is 1.58 bits per heavy atom. The molecule has 7 aromatic carbocycles. The van der Waals surface area contributed by atoms with Gasteiger partial charge in [0.1, 0.15) is 6.17 Å². The summed E-state index contributed by atoms with van der Waals surface area (Å²) in [5, 5.41) is 11.3. The molecule has 0 aromatic heterocycles. The number of nitrogens with one attached hydrogen (secondary N) is 1. The Balaban J connectivity index is 1.26. The van der Waals surface area contributed by atoms with Crippen LogP contribution in [0.3, 0.4) is 0 Å². The summed E-state index contributed by atoms with van der Waals surface area (Å²) in [6, 6.07) is 50.9. The van der Waals surface area contributed by atoms with Crippen LogP contribution in [0.4, 0.5) is 0 Å². The van der Waals surface area contributed by atoms with Crippen molar-refractivity contribution in [3.8, 4) is 33.4 Å². The minimum absolute atomic E-state index is 0.158. The SMILES string of the molecule is C1=CC2NC(c3ccc(-c4c5ccccc5c(-c5ccc(-c6ccccc6)cc5)c5ccccc45)c4ccccc34)=CN2C=C1. The molecule has 1 unspecified atom stereocenters. The summed E-state index contributed by atoms with van der Waals surface area (Å²) in [5.41, 5.74) is 9.87. The number of rotatable bonds is 4. The standard InChI is InChI=1S/C43H30N2/c1-2-12-29(13-3-1)30-21-23-31(24-22-30)42-35-16-6-8-18-37(35)43(38-19-9-7-17-36(38)42)39-26-25-34(32-14-4-5-15-33(32)39)40-28-45-27-11-10-20-41(45)44-40/h1-28,41,44H. The van der Waals surface area contributed by atoms with Crippen LogP contribution in [-0.2, 0) is 0 Å². The Bertz CT molecular complexity index is 2290. The lowest BCUT2D eigenvalue weighted by molar-refractivity contribution is 0.427. The molecule has 0 spiro atoms. The molecule has 2 heteroatoms. The monoisotopic (exact) mass is 574 g/mol. The molecule has 0 radical (unpaired) electrons. The van der Waals surface area contributed by atoms with E-state index in [1.54, 1.807) is 0 Å². The first-order valence-corrected chi connectivity index (χ1v) is 15.6. The first-order valence-electron chi connectivity index (χ1n) is 15.6. The van der Waals surface area contributed by atoms with Crippen LogP contribution in [0.25, 0.3) is 71.4 Å². The summed E-state index contributed by atoms with van der Waals surface area (Å²) >= 11 is 0. The van der Waals surface area contributed by atoms with E-state index >= 15 is 0 Å². The first kappa shape index (κ1) is 25.6. The lowest BCUT2D eigenvalue weighted by Gasteiger charge is -2.21. The van der Waals surface area contributed by atoms with Gasteiger partial charge in [-0.15, -0.1) is 0 Å². The fraction of sp³-hybridized carbons (Fsp3) is 0.0233. The Labute approximate surface area is 262 Å². The zero-order chi connectivity index (χ0) is 29.7. The quantitative estimate of drug-likeness (QED) is 0.210. The number of allylic oxidation sites excluding steroid dienone is 2. The Hall–Kier alpha value is -5.86. The third-order valence-electron chi connectivity index (χ3n) is 9.26. The number of nitrogens with zero attached hydrogens (tertiary/aromatic N) is 1.